The van der Waals surface area contributed by atoms with Gasteiger partial charge in [0.2, 0.25) is 5.91 Å². The highest BCUT2D eigenvalue weighted by Crippen LogP contribution is 2.23. The lowest BCUT2D eigenvalue weighted by Gasteiger charge is -2.06. The fourth-order valence-corrected chi connectivity index (χ4v) is 1.66. The first-order chi connectivity index (χ1) is 8.69. The van der Waals surface area contributed by atoms with E-state index in [1.54, 1.807) is 19.3 Å². The van der Waals surface area contributed by atoms with Crippen molar-refractivity contribution in [1.29, 1.82) is 0 Å². The van der Waals surface area contributed by atoms with Crippen molar-refractivity contribution < 1.29 is 4.79 Å². The van der Waals surface area contributed by atoms with Crippen molar-refractivity contribution in [1.82, 2.24) is 15.1 Å². The van der Waals surface area contributed by atoms with Crippen molar-refractivity contribution in [3.05, 3.63) is 22.6 Å². The van der Waals surface area contributed by atoms with Gasteiger partial charge in [0, 0.05) is 32.1 Å². The van der Waals surface area contributed by atoms with E-state index in [1.807, 2.05) is 0 Å². The van der Waals surface area contributed by atoms with Crippen molar-refractivity contribution >= 4 is 11.6 Å². The minimum atomic E-state index is -0.127. The predicted molar refractivity (Wildman–Crippen MR) is 68.4 cm³/mol. The molecule has 1 amide bonds. The Balaban J connectivity index is 1.88. The number of carbonyl (C=O) groups excluding carboxylic acids is 1. The molecular formula is C12H18N4O2. The van der Waals surface area contributed by atoms with E-state index in [4.69, 9.17) is 0 Å². The molecule has 1 fully saturated rings. The van der Waals surface area contributed by atoms with E-state index in [0.29, 0.717) is 25.4 Å². The normalized spacial score (nSPS) is 14.3. The largest absolute Gasteiger partial charge is 0.381 e. The van der Waals surface area contributed by atoms with E-state index >= 15 is 0 Å². The van der Waals surface area contributed by atoms with Gasteiger partial charge in [0.15, 0.2) is 0 Å². The molecule has 6 heteroatoms. The molecular weight excluding hydrogens is 232 g/mol. The number of aryl methyl sites for hydroxylation is 1. The summed E-state index contributed by atoms with van der Waals surface area (Å²) in [6.07, 6.45) is 5.01. The standard InChI is InChI=1S/C12H18N4O2/c1-13-11(17)3-2-6-16-12(18)7-10(8-14-16)15-9-4-5-9/h7-9,15H,2-6H2,1H3,(H,13,17). The SMILES string of the molecule is CNC(=O)CCCn1ncc(NC2CC2)cc1=O. The number of nitrogens with zero attached hydrogens (tertiary/aromatic N) is 2. The molecule has 2 rings (SSSR count). The lowest BCUT2D eigenvalue weighted by atomic mass is 10.3. The first-order valence-corrected chi connectivity index (χ1v) is 6.23. The molecule has 0 atom stereocenters. The van der Waals surface area contributed by atoms with Crippen LogP contribution in [0.1, 0.15) is 25.7 Å². The van der Waals surface area contributed by atoms with Gasteiger partial charge in [0.1, 0.15) is 0 Å². The average molecular weight is 250 g/mol. The van der Waals surface area contributed by atoms with Crippen molar-refractivity contribution in [3.8, 4) is 0 Å². The lowest BCUT2D eigenvalue weighted by Crippen LogP contribution is -2.24. The number of carbonyl (C=O) groups is 1. The van der Waals surface area contributed by atoms with Gasteiger partial charge in [-0.15, -0.1) is 0 Å². The van der Waals surface area contributed by atoms with Gasteiger partial charge < -0.3 is 10.6 Å². The molecule has 1 heterocycles. The second kappa shape index (κ2) is 5.66. The van der Waals surface area contributed by atoms with Crippen LogP contribution in [0.3, 0.4) is 0 Å². The molecule has 0 aromatic carbocycles. The van der Waals surface area contributed by atoms with Gasteiger partial charge in [0.25, 0.3) is 5.56 Å². The number of hydrogen-bond donors (Lipinski definition) is 2. The predicted octanol–water partition coefficient (Wildman–Crippen LogP) is 0.344. The molecule has 0 aliphatic heterocycles. The fourth-order valence-electron chi connectivity index (χ4n) is 1.66. The molecule has 6 nitrogen and oxygen atoms in total. The minimum Gasteiger partial charge on any atom is -0.381 e. The molecule has 1 aromatic rings. The van der Waals surface area contributed by atoms with Crippen molar-refractivity contribution in [3.63, 3.8) is 0 Å². The topological polar surface area (TPSA) is 76.0 Å². The van der Waals surface area contributed by atoms with Gasteiger partial charge in [-0.05, 0) is 19.3 Å². The molecule has 98 valence electrons. The van der Waals surface area contributed by atoms with Gasteiger partial charge in [-0.25, -0.2) is 4.68 Å². The molecule has 18 heavy (non-hydrogen) atoms. The zero-order chi connectivity index (χ0) is 13.0. The second-order valence-electron chi connectivity index (χ2n) is 4.50. The number of rotatable bonds is 6. The van der Waals surface area contributed by atoms with E-state index in [9.17, 15) is 9.59 Å². The van der Waals surface area contributed by atoms with Crippen LogP contribution >= 0.6 is 0 Å². The first-order valence-electron chi connectivity index (χ1n) is 6.23. The monoisotopic (exact) mass is 250 g/mol. The van der Waals surface area contributed by atoms with E-state index < -0.39 is 0 Å². The molecule has 0 spiro atoms. The third-order valence-electron chi connectivity index (χ3n) is 2.87. The van der Waals surface area contributed by atoms with E-state index in [1.165, 1.54) is 4.68 Å². The van der Waals surface area contributed by atoms with Crippen LogP contribution in [-0.4, -0.2) is 28.8 Å². The summed E-state index contributed by atoms with van der Waals surface area (Å²) in [5.74, 6) is -0.0185. The molecule has 1 aromatic heterocycles. The molecule has 1 saturated carbocycles. The average Bonchev–Trinajstić information content (AvgIpc) is 3.15. The Labute approximate surface area is 105 Å². The van der Waals surface area contributed by atoms with Crippen LogP contribution in [0, 0.1) is 0 Å². The van der Waals surface area contributed by atoms with Crippen LogP contribution in [0.2, 0.25) is 0 Å². The Morgan fingerprint density at radius 3 is 2.94 bits per heavy atom. The van der Waals surface area contributed by atoms with Gasteiger partial charge in [-0.1, -0.05) is 0 Å². The molecule has 1 aliphatic carbocycles. The summed E-state index contributed by atoms with van der Waals surface area (Å²) in [7, 11) is 1.60. The maximum Gasteiger partial charge on any atom is 0.268 e. The summed E-state index contributed by atoms with van der Waals surface area (Å²) in [4.78, 5) is 22.8. The minimum absolute atomic E-state index is 0.0185. The van der Waals surface area contributed by atoms with Crippen LogP contribution in [0.15, 0.2) is 17.1 Å². The number of nitrogens with one attached hydrogen (secondary N) is 2. The van der Waals surface area contributed by atoms with Crippen LogP contribution < -0.4 is 16.2 Å². The van der Waals surface area contributed by atoms with Crippen molar-refractivity contribution in [2.75, 3.05) is 12.4 Å². The third kappa shape index (κ3) is 3.58. The zero-order valence-electron chi connectivity index (χ0n) is 10.5. The van der Waals surface area contributed by atoms with Crippen LogP contribution in [-0.2, 0) is 11.3 Å². The Hall–Kier alpha value is -1.85. The van der Waals surface area contributed by atoms with Gasteiger partial charge in [0.05, 0.1) is 11.9 Å². The summed E-state index contributed by atoms with van der Waals surface area (Å²) in [5.41, 5.74) is 0.655. The number of hydrogen-bond acceptors (Lipinski definition) is 4. The maximum absolute atomic E-state index is 11.7. The summed E-state index contributed by atoms with van der Waals surface area (Å²) < 4.78 is 1.39. The van der Waals surface area contributed by atoms with Crippen LogP contribution in [0.4, 0.5) is 5.69 Å². The molecule has 0 saturated heterocycles. The Bertz CT molecular complexity index is 479. The molecule has 2 N–H and O–H groups in total. The van der Waals surface area contributed by atoms with E-state index in [-0.39, 0.29) is 11.5 Å². The summed E-state index contributed by atoms with van der Waals surface area (Å²) in [6, 6.07) is 2.07. The Kier molecular flexibility index (Phi) is 3.96. The highest BCUT2D eigenvalue weighted by molar-refractivity contribution is 5.75. The van der Waals surface area contributed by atoms with Crippen molar-refractivity contribution in [2.24, 2.45) is 0 Å². The first kappa shape index (κ1) is 12.6. The Morgan fingerprint density at radius 1 is 1.56 bits per heavy atom. The molecule has 1 aliphatic rings. The molecule has 0 bridgehead atoms. The summed E-state index contributed by atoms with van der Waals surface area (Å²) in [5, 5.41) is 9.87. The summed E-state index contributed by atoms with van der Waals surface area (Å²) >= 11 is 0. The number of aromatic nitrogens is 2. The highest BCUT2D eigenvalue weighted by Gasteiger charge is 2.20. The van der Waals surface area contributed by atoms with Gasteiger partial charge in [-0.3, -0.25) is 9.59 Å². The van der Waals surface area contributed by atoms with Crippen molar-refractivity contribution in [2.45, 2.75) is 38.3 Å². The van der Waals surface area contributed by atoms with Gasteiger partial charge >= 0.3 is 0 Å². The molecule has 0 radical (unpaired) electrons. The van der Waals surface area contributed by atoms with E-state index in [2.05, 4.69) is 15.7 Å². The lowest BCUT2D eigenvalue weighted by molar-refractivity contribution is -0.120. The van der Waals surface area contributed by atoms with Crippen LogP contribution in [0.25, 0.3) is 0 Å². The Morgan fingerprint density at radius 2 is 2.33 bits per heavy atom. The zero-order valence-corrected chi connectivity index (χ0v) is 10.5. The smallest absolute Gasteiger partial charge is 0.268 e. The van der Waals surface area contributed by atoms with E-state index in [0.717, 1.165) is 18.5 Å². The van der Waals surface area contributed by atoms with Gasteiger partial charge in [-0.2, -0.15) is 5.10 Å². The summed E-state index contributed by atoms with van der Waals surface area (Å²) in [6.45, 7) is 0.468. The third-order valence-corrected chi connectivity index (χ3v) is 2.87. The quantitative estimate of drug-likeness (QED) is 0.763. The second-order valence-corrected chi connectivity index (χ2v) is 4.50. The molecule has 0 unspecified atom stereocenters. The number of amides is 1. The highest BCUT2D eigenvalue weighted by atomic mass is 16.1. The number of anilines is 1. The maximum atomic E-state index is 11.7. The van der Waals surface area contributed by atoms with Crippen LogP contribution in [0.5, 0.6) is 0 Å². The fraction of sp³-hybridized carbons (Fsp3) is 0.583.